The number of aromatic amines is 1. The Morgan fingerprint density at radius 1 is 1.00 bits per heavy atom. The summed E-state index contributed by atoms with van der Waals surface area (Å²) in [5.41, 5.74) is 3.99. The summed E-state index contributed by atoms with van der Waals surface area (Å²) in [7, 11) is -2.63. The predicted octanol–water partition coefficient (Wildman–Crippen LogP) is 3.53. The second kappa shape index (κ2) is 8.87. The maximum Gasteiger partial charge on any atom is 0.205 e. The Bertz CT molecular complexity index is 1490. The first-order valence-electron chi connectivity index (χ1n) is 10.3. The summed E-state index contributed by atoms with van der Waals surface area (Å²) in [5.74, 6) is 1.51. The Morgan fingerprint density at radius 3 is 2.55 bits per heavy atom. The Labute approximate surface area is 195 Å². The fourth-order valence-electron chi connectivity index (χ4n) is 3.65. The van der Waals surface area contributed by atoms with Gasteiger partial charge in [-0.25, -0.2) is 15.0 Å². The molecule has 0 radical (unpaired) electrons. The molecule has 3 heterocycles. The lowest BCUT2D eigenvalue weighted by Crippen LogP contribution is -2.12. The molecule has 1 N–H and O–H groups in total. The number of hydrogen-bond acceptors (Lipinski definition) is 6. The van der Waals surface area contributed by atoms with Gasteiger partial charge in [0.05, 0.1) is 49.4 Å². The molecule has 5 rings (SSSR count). The molecule has 2 unspecified atom stereocenters. The molecule has 0 aliphatic carbocycles. The van der Waals surface area contributed by atoms with Gasteiger partial charge >= 0.3 is 0 Å². The van der Waals surface area contributed by atoms with Crippen LogP contribution in [0.4, 0.5) is 0 Å². The number of nitrogens with one attached hydrogen (secondary N) is 1. The lowest BCUT2D eigenvalue weighted by Gasteiger charge is -2.14. The zero-order chi connectivity index (χ0) is 22.9. The summed E-state index contributed by atoms with van der Waals surface area (Å²) in [6.07, 6.45) is 3.24. The molecule has 0 aliphatic rings. The van der Waals surface area contributed by atoms with Gasteiger partial charge in [-0.15, -0.1) is 0 Å². The lowest BCUT2D eigenvalue weighted by atomic mass is 10.2. The van der Waals surface area contributed by atoms with Crippen LogP contribution in [0.25, 0.3) is 27.9 Å². The summed E-state index contributed by atoms with van der Waals surface area (Å²) in [5, 5.41) is 0.863. The Hall–Kier alpha value is -3.37. The molecule has 0 spiro atoms. The molecular formula is C23H21N5O3S2. The summed E-state index contributed by atoms with van der Waals surface area (Å²) in [6.45, 7) is 2.14. The van der Waals surface area contributed by atoms with Crippen LogP contribution < -0.4 is 4.74 Å². The second-order valence-corrected chi connectivity index (χ2v) is 10.1. The number of benzene rings is 2. The third-order valence-electron chi connectivity index (χ3n) is 5.24. The van der Waals surface area contributed by atoms with Gasteiger partial charge in [0.2, 0.25) is 5.16 Å². The number of nitrogens with zero attached hydrogens (tertiary/aromatic N) is 4. The van der Waals surface area contributed by atoms with Crippen molar-refractivity contribution in [3.05, 3.63) is 66.4 Å². The molecule has 3 aromatic heterocycles. The van der Waals surface area contributed by atoms with E-state index in [0.717, 1.165) is 27.6 Å². The number of imidazole rings is 2. The minimum absolute atomic E-state index is 0.241. The molecule has 0 bridgehead atoms. The summed E-state index contributed by atoms with van der Waals surface area (Å²) >= 11 is 0. The number of para-hydroxylation sites is 4. The molecule has 2 aromatic carbocycles. The predicted molar refractivity (Wildman–Crippen MR) is 129 cm³/mol. The van der Waals surface area contributed by atoms with E-state index in [4.69, 9.17) is 4.74 Å². The molecule has 0 fully saturated rings. The van der Waals surface area contributed by atoms with Crippen molar-refractivity contribution in [2.75, 3.05) is 18.6 Å². The van der Waals surface area contributed by atoms with Gasteiger partial charge in [-0.2, -0.15) is 0 Å². The molecule has 33 heavy (non-hydrogen) atoms. The molecule has 168 valence electrons. The highest BCUT2D eigenvalue weighted by Crippen LogP contribution is 2.28. The number of rotatable bonds is 7. The van der Waals surface area contributed by atoms with E-state index < -0.39 is 21.6 Å². The van der Waals surface area contributed by atoms with Crippen molar-refractivity contribution in [1.82, 2.24) is 24.5 Å². The zero-order valence-corrected chi connectivity index (χ0v) is 19.7. The number of H-pyrrole nitrogens is 1. The highest BCUT2D eigenvalue weighted by Gasteiger charge is 2.19. The maximum absolute atomic E-state index is 12.7. The number of aromatic nitrogens is 5. The Morgan fingerprint density at radius 2 is 1.76 bits per heavy atom. The molecule has 10 heteroatoms. The first kappa shape index (κ1) is 21.5. The van der Waals surface area contributed by atoms with Crippen molar-refractivity contribution in [3.63, 3.8) is 0 Å². The minimum Gasteiger partial charge on any atom is -0.492 e. The van der Waals surface area contributed by atoms with Crippen molar-refractivity contribution in [3.8, 4) is 11.6 Å². The van der Waals surface area contributed by atoms with Crippen LogP contribution in [-0.2, 0) is 21.6 Å². The number of ether oxygens (including phenoxy) is 1. The Balaban J connectivity index is 1.38. The van der Waals surface area contributed by atoms with Crippen molar-refractivity contribution in [1.29, 1.82) is 0 Å². The normalized spacial score (nSPS) is 13.4. The van der Waals surface area contributed by atoms with Gasteiger partial charge in [0.15, 0.2) is 5.16 Å². The second-order valence-electron chi connectivity index (χ2n) is 7.39. The van der Waals surface area contributed by atoms with E-state index in [0.29, 0.717) is 21.9 Å². The topological polar surface area (TPSA) is 103 Å². The maximum atomic E-state index is 12.7. The number of hydrogen-bond donors (Lipinski definition) is 1. The molecule has 5 aromatic rings. The molecular weight excluding hydrogens is 458 g/mol. The van der Waals surface area contributed by atoms with E-state index in [9.17, 15) is 8.42 Å². The van der Waals surface area contributed by atoms with E-state index >= 15 is 0 Å². The van der Waals surface area contributed by atoms with Crippen LogP contribution in [0.5, 0.6) is 5.75 Å². The zero-order valence-electron chi connectivity index (χ0n) is 18.0. The van der Waals surface area contributed by atoms with Crippen LogP contribution in [0.15, 0.2) is 71.1 Å². The standard InChI is InChI=1S/C23H21N5O3S2/c1-15-20(31-13-14-33(30)22-25-16-7-3-4-8-17(16)26-22)11-12-24-21(15)28-19-10-6-5-9-18(19)27-23(28)32(2)29/h3-12H,13-14H2,1-2H3,(H,25,26). The first-order chi connectivity index (χ1) is 16.0. The molecule has 8 nitrogen and oxygen atoms in total. The highest BCUT2D eigenvalue weighted by atomic mass is 32.2. The van der Waals surface area contributed by atoms with Crippen molar-refractivity contribution >= 4 is 43.7 Å². The van der Waals surface area contributed by atoms with Gasteiger partial charge in [-0.1, -0.05) is 24.3 Å². The third kappa shape index (κ3) is 4.07. The SMILES string of the molecule is Cc1c(OCCS(=O)c2nc3ccccc3[nH]2)ccnc1-n1c(S(C)=O)nc2ccccc21. The quantitative estimate of drug-likeness (QED) is 0.383. The van der Waals surface area contributed by atoms with E-state index in [-0.39, 0.29) is 12.4 Å². The fourth-order valence-corrected chi connectivity index (χ4v) is 5.17. The smallest absolute Gasteiger partial charge is 0.205 e. The van der Waals surface area contributed by atoms with E-state index in [1.54, 1.807) is 23.1 Å². The molecule has 0 aliphatic heterocycles. The van der Waals surface area contributed by atoms with Gasteiger partial charge in [-0.3, -0.25) is 13.0 Å². The first-order valence-corrected chi connectivity index (χ1v) is 13.1. The average Bonchev–Trinajstić information content (AvgIpc) is 3.42. The third-order valence-corrected chi connectivity index (χ3v) is 7.19. The molecule has 0 amide bonds. The van der Waals surface area contributed by atoms with Crippen LogP contribution in [0, 0.1) is 6.92 Å². The average molecular weight is 480 g/mol. The van der Waals surface area contributed by atoms with Crippen molar-refractivity contribution in [2.45, 2.75) is 17.2 Å². The highest BCUT2D eigenvalue weighted by molar-refractivity contribution is 7.84. The summed E-state index contributed by atoms with van der Waals surface area (Å²) in [4.78, 5) is 16.6. The van der Waals surface area contributed by atoms with Gasteiger partial charge in [-0.05, 0) is 37.3 Å². The van der Waals surface area contributed by atoms with Crippen LogP contribution in [0.1, 0.15) is 5.56 Å². The van der Waals surface area contributed by atoms with E-state index in [1.165, 1.54) is 0 Å². The van der Waals surface area contributed by atoms with Crippen molar-refractivity contribution in [2.24, 2.45) is 0 Å². The molecule has 0 saturated carbocycles. The van der Waals surface area contributed by atoms with Crippen LogP contribution >= 0.6 is 0 Å². The largest absolute Gasteiger partial charge is 0.492 e. The van der Waals surface area contributed by atoms with Crippen LogP contribution in [0.2, 0.25) is 0 Å². The van der Waals surface area contributed by atoms with Crippen LogP contribution in [0.3, 0.4) is 0 Å². The van der Waals surface area contributed by atoms with Gasteiger partial charge in [0.1, 0.15) is 18.2 Å². The monoisotopic (exact) mass is 479 g/mol. The van der Waals surface area contributed by atoms with E-state index in [1.807, 2.05) is 55.5 Å². The molecule has 2 atom stereocenters. The lowest BCUT2D eigenvalue weighted by molar-refractivity contribution is 0.339. The number of pyridine rings is 1. The van der Waals surface area contributed by atoms with E-state index in [2.05, 4.69) is 19.9 Å². The van der Waals surface area contributed by atoms with Gasteiger partial charge in [0, 0.05) is 18.0 Å². The summed E-state index contributed by atoms with van der Waals surface area (Å²) < 4.78 is 32.8. The van der Waals surface area contributed by atoms with Crippen molar-refractivity contribution < 1.29 is 13.2 Å². The van der Waals surface area contributed by atoms with Gasteiger partial charge < -0.3 is 9.72 Å². The van der Waals surface area contributed by atoms with Crippen LogP contribution in [-0.4, -0.2) is 51.5 Å². The summed E-state index contributed by atoms with van der Waals surface area (Å²) in [6, 6.07) is 17.0. The van der Waals surface area contributed by atoms with Gasteiger partial charge in [0.25, 0.3) is 0 Å². The minimum atomic E-state index is -1.32. The Kier molecular flexibility index (Phi) is 5.77. The molecule has 0 saturated heterocycles. The number of fused-ring (bicyclic) bond motifs is 2. The fraction of sp³-hybridized carbons (Fsp3) is 0.174.